The molecule has 5 heteroatoms. The molecule has 3 aromatic rings. The van der Waals surface area contributed by atoms with Crippen LogP contribution in [0.3, 0.4) is 0 Å². The quantitative estimate of drug-likeness (QED) is 0.247. The van der Waals surface area contributed by atoms with Gasteiger partial charge in [0.05, 0.1) is 13.0 Å². The number of unbranched alkanes of at least 4 members (excludes halogenated alkanes) is 3. The van der Waals surface area contributed by atoms with E-state index in [1.54, 1.807) is 6.07 Å². The topological polar surface area (TPSA) is 87.0 Å². The second-order valence-corrected chi connectivity index (χ2v) is 8.63. The van der Waals surface area contributed by atoms with Gasteiger partial charge in [0.1, 0.15) is 5.75 Å². The van der Waals surface area contributed by atoms with Crippen molar-refractivity contribution in [2.45, 2.75) is 58.3 Å². The van der Waals surface area contributed by atoms with E-state index in [1.165, 1.54) is 0 Å². The molecule has 0 bridgehead atoms. The maximum Gasteiger partial charge on any atom is 0.307 e. The highest BCUT2D eigenvalue weighted by Gasteiger charge is 2.12. The lowest BCUT2D eigenvalue weighted by Crippen LogP contribution is -2.00. The number of phenolic OH excluding ortho intramolecular Hbond substituents is 2. The molecule has 170 valence electrons. The zero-order valence-corrected chi connectivity index (χ0v) is 18.8. The highest BCUT2D eigenvalue weighted by atomic mass is 16.5. The summed E-state index contributed by atoms with van der Waals surface area (Å²) in [5.74, 6) is 0.123. The predicted octanol–water partition coefficient (Wildman–Crippen LogP) is 6.18. The van der Waals surface area contributed by atoms with Crippen molar-refractivity contribution in [1.82, 2.24) is 0 Å². The zero-order chi connectivity index (χ0) is 23.1. The van der Waals surface area contributed by atoms with Crippen LogP contribution in [0.1, 0.15) is 62.1 Å². The number of carboxylic acid groups (broad SMARTS) is 1. The first-order chi connectivity index (χ1) is 15.3. The fraction of sp³-hybridized carbons (Fsp3) is 0.370. The molecule has 3 N–H and O–H groups in total. The summed E-state index contributed by atoms with van der Waals surface area (Å²) in [6.45, 7) is 4.66. The Labute approximate surface area is 189 Å². The van der Waals surface area contributed by atoms with Crippen LogP contribution in [0.15, 0.2) is 48.5 Å². The molecule has 0 heterocycles. The number of rotatable bonds is 11. The lowest BCUT2D eigenvalue weighted by atomic mass is 9.96. The van der Waals surface area contributed by atoms with Crippen LogP contribution >= 0.6 is 0 Å². The van der Waals surface area contributed by atoms with Crippen molar-refractivity contribution in [2.24, 2.45) is 0 Å². The SMILES string of the molecule is CC(C)c1cc(CCCCCCOc2ccc3cc(CC(=O)O)ccc3c2)cc(O)c1O. The summed E-state index contributed by atoms with van der Waals surface area (Å²) in [5, 5.41) is 30.9. The number of fused-ring (bicyclic) bond motifs is 1. The Hall–Kier alpha value is -3.21. The zero-order valence-electron chi connectivity index (χ0n) is 18.8. The van der Waals surface area contributed by atoms with E-state index in [0.29, 0.717) is 6.61 Å². The van der Waals surface area contributed by atoms with E-state index in [4.69, 9.17) is 9.84 Å². The van der Waals surface area contributed by atoms with Crippen LogP contribution in [-0.4, -0.2) is 27.9 Å². The third-order valence-electron chi connectivity index (χ3n) is 5.66. The number of hydrogen-bond acceptors (Lipinski definition) is 4. The molecule has 5 nitrogen and oxygen atoms in total. The van der Waals surface area contributed by atoms with Crippen LogP contribution < -0.4 is 4.74 Å². The second-order valence-electron chi connectivity index (χ2n) is 8.63. The monoisotopic (exact) mass is 436 g/mol. The molecule has 0 aliphatic carbocycles. The Kier molecular flexibility index (Phi) is 7.98. The molecule has 0 saturated heterocycles. The summed E-state index contributed by atoms with van der Waals surface area (Å²) in [7, 11) is 0. The molecule has 32 heavy (non-hydrogen) atoms. The van der Waals surface area contributed by atoms with Gasteiger partial charge in [0.2, 0.25) is 0 Å². The van der Waals surface area contributed by atoms with Crippen LogP contribution in [0.25, 0.3) is 10.8 Å². The molecular formula is C27H32O5. The van der Waals surface area contributed by atoms with Crippen molar-refractivity contribution in [3.63, 3.8) is 0 Å². The van der Waals surface area contributed by atoms with Crippen molar-refractivity contribution >= 4 is 16.7 Å². The number of phenols is 2. The van der Waals surface area contributed by atoms with Gasteiger partial charge in [-0.25, -0.2) is 0 Å². The Bertz CT molecular complexity index is 1070. The first kappa shape index (κ1) is 23.5. The summed E-state index contributed by atoms with van der Waals surface area (Å²) in [5.41, 5.74) is 2.64. The van der Waals surface area contributed by atoms with Gasteiger partial charge in [-0.15, -0.1) is 0 Å². The molecule has 3 aromatic carbocycles. The van der Waals surface area contributed by atoms with Crippen LogP contribution in [0.5, 0.6) is 17.2 Å². The number of aromatic hydroxyl groups is 2. The van der Waals surface area contributed by atoms with Crippen molar-refractivity contribution in [3.05, 3.63) is 65.2 Å². The van der Waals surface area contributed by atoms with Crippen LogP contribution in [-0.2, 0) is 17.6 Å². The minimum atomic E-state index is -0.828. The largest absolute Gasteiger partial charge is 0.504 e. The average molecular weight is 437 g/mol. The fourth-order valence-electron chi connectivity index (χ4n) is 3.91. The van der Waals surface area contributed by atoms with E-state index in [0.717, 1.165) is 65.3 Å². The number of hydrogen-bond donors (Lipinski definition) is 3. The first-order valence-electron chi connectivity index (χ1n) is 11.3. The summed E-state index contributed by atoms with van der Waals surface area (Å²) in [6.07, 6.45) is 5.04. The van der Waals surface area contributed by atoms with E-state index < -0.39 is 5.97 Å². The minimum absolute atomic E-state index is 0.00436. The number of ether oxygens (including phenoxy) is 1. The van der Waals surface area contributed by atoms with Gasteiger partial charge in [-0.2, -0.15) is 0 Å². The van der Waals surface area contributed by atoms with E-state index in [2.05, 4.69) is 0 Å². The lowest BCUT2D eigenvalue weighted by molar-refractivity contribution is -0.136. The van der Waals surface area contributed by atoms with Gasteiger partial charge in [0.25, 0.3) is 0 Å². The van der Waals surface area contributed by atoms with Gasteiger partial charge in [-0.05, 0) is 65.3 Å². The van der Waals surface area contributed by atoms with Crippen molar-refractivity contribution in [2.75, 3.05) is 6.61 Å². The number of benzene rings is 3. The normalized spacial score (nSPS) is 11.2. The maximum absolute atomic E-state index is 10.9. The first-order valence-corrected chi connectivity index (χ1v) is 11.3. The smallest absolute Gasteiger partial charge is 0.307 e. The van der Waals surface area contributed by atoms with Gasteiger partial charge in [-0.3, -0.25) is 4.79 Å². The van der Waals surface area contributed by atoms with E-state index in [9.17, 15) is 15.0 Å². The molecule has 0 radical (unpaired) electrons. The fourth-order valence-corrected chi connectivity index (χ4v) is 3.91. The highest BCUT2D eigenvalue weighted by Crippen LogP contribution is 2.35. The summed E-state index contributed by atoms with van der Waals surface area (Å²) in [4.78, 5) is 10.9. The number of aryl methyl sites for hydroxylation is 1. The highest BCUT2D eigenvalue weighted by molar-refractivity contribution is 5.85. The molecule has 0 aliphatic rings. The maximum atomic E-state index is 10.9. The molecule has 0 aliphatic heterocycles. The standard InChI is InChI=1S/C27H32O5/c1-18(2)24-14-19(15-25(28)27(24)31)7-5-3-4-6-12-32-23-11-10-21-13-20(16-26(29)30)8-9-22(21)17-23/h8-11,13-15,17-18,28,31H,3-7,12,16H2,1-2H3,(H,29,30). The average Bonchev–Trinajstić information content (AvgIpc) is 2.74. The minimum Gasteiger partial charge on any atom is -0.504 e. The third kappa shape index (κ3) is 6.39. The van der Waals surface area contributed by atoms with Gasteiger partial charge < -0.3 is 20.1 Å². The van der Waals surface area contributed by atoms with Gasteiger partial charge >= 0.3 is 5.97 Å². The van der Waals surface area contributed by atoms with Crippen molar-refractivity contribution in [3.8, 4) is 17.2 Å². The number of aliphatic carboxylic acids is 1. The molecule has 0 spiro atoms. The Balaban J connectivity index is 1.40. The lowest BCUT2D eigenvalue weighted by Gasteiger charge is -2.12. The van der Waals surface area contributed by atoms with Crippen LogP contribution in [0.2, 0.25) is 0 Å². The third-order valence-corrected chi connectivity index (χ3v) is 5.66. The van der Waals surface area contributed by atoms with Crippen LogP contribution in [0, 0.1) is 0 Å². The number of carbonyl (C=O) groups is 1. The van der Waals surface area contributed by atoms with E-state index in [1.807, 2.05) is 56.3 Å². The predicted molar refractivity (Wildman–Crippen MR) is 127 cm³/mol. The molecule has 0 saturated carbocycles. The van der Waals surface area contributed by atoms with Crippen molar-refractivity contribution < 1.29 is 24.9 Å². The summed E-state index contributed by atoms with van der Waals surface area (Å²) in [6, 6.07) is 15.2. The van der Waals surface area contributed by atoms with Crippen LogP contribution in [0.4, 0.5) is 0 Å². The summed E-state index contributed by atoms with van der Waals surface area (Å²) < 4.78 is 5.89. The Morgan fingerprint density at radius 1 is 0.875 bits per heavy atom. The molecule has 0 fully saturated rings. The van der Waals surface area contributed by atoms with Gasteiger partial charge in [0, 0.05) is 5.56 Å². The molecule has 3 rings (SSSR count). The second kappa shape index (κ2) is 10.9. The Morgan fingerprint density at radius 3 is 2.34 bits per heavy atom. The molecule has 0 atom stereocenters. The summed E-state index contributed by atoms with van der Waals surface area (Å²) >= 11 is 0. The number of carboxylic acids is 1. The van der Waals surface area contributed by atoms with E-state index in [-0.39, 0.29) is 23.8 Å². The van der Waals surface area contributed by atoms with E-state index >= 15 is 0 Å². The molecule has 0 aromatic heterocycles. The molecular weight excluding hydrogens is 404 g/mol. The van der Waals surface area contributed by atoms with Crippen molar-refractivity contribution in [1.29, 1.82) is 0 Å². The molecule has 0 amide bonds. The Morgan fingerprint density at radius 2 is 1.59 bits per heavy atom. The van der Waals surface area contributed by atoms with Gasteiger partial charge in [0.15, 0.2) is 11.5 Å². The molecule has 0 unspecified atom stereocenters. The van der Waals surface area contributed by atoms with Gasteiger partial charge in [-0.1, -0.05) is 57.0 Å².